The highest BCUT2D eigenvalue weighted by molar-refractivity contribution is 7.99. The number of nitrogen functional groups attached to an aromatic ring is 1. The van der Waals surface area contributed by atoms with Gasteiger partial charge in [0.05, 0.1) is 5.69 Å². The second-order valence-electron chi connectivity index (χ2n) is 2.95. The molecule has 1 heterocycles. The molecule has 2 aromatic rings. The molecule has 0 bridgehead atoms. The maximum absolute atomic E-state index is 12.7. The molecule has 2 N–H and O–H groups in total. The van der Waals surface area contributed by atoms with Crippen molar-refractivity contribution < 1.29 is 4.39 Å². The van der Waals surface area contributed by atoms with Crippen LogP contribution in [0.5, 0.6) is 0 Å². The molecule has 15 heavy (non-hydrogen) atoms. The van der Waals surface area contributed by atoms with Gasteiger partial charge in [-0.1, -0.05) is 11.8 Å². The number of hydrogen-bond donors (Lipinski definition) is 1. The molecule has 1 aromatic heterocycles. The van der Waals surface area contributed by atoms with Crippen LogP contribution in [0.1, 0.15) is 0 Å². The minimum Gasteiger partial charge on any atom is -0.397 e. The van der Waals surface area contributed by atoms with E-state index in [-0.39, 0.29) is 5.82 Å². The molecule has 0 saturated carbocycles. The van der Waals surface area contributed by atoms with E-state index < -0.39 is 0 Å². The van der Waals surface area contributed by atoms with Crippen molar-refractivity contribution in [3.63, 3.8) is 0 Å². The smallest absolute Gasteiger partial charge is 0.124 e. The van der Waals surface area contributed by atoms with Crippen LogP contribution in [0.3, 0.4) is 0 Å². The van der Waals surface area contributed by atoms with Crippen molar-refractivity contribution in [1.29, 1.82) is 0 Å². The SMILES string of the molecule is Nc1cccnc1Sc1ccc(F)cc1. The van der Waals surface area contributed by atoms with Crippen LogP contribution in [0, 0.1) is 5.82 Å². The van der Waals surface area contributed by atoms with Gasteiger partial charge in [-0.2, -0.15) is 0 Å². The summed E-state index contributed by atoms with van der Waals surface area (Å²) in [7, 11) is 0. The average molecular weight is 220 g/mol. The first-order valence-electron chi connectivity index (χ1n) is 4.39. The molecule has 0 amide bonds. The van der Waals surface area contributed by atoms with E-state index in [4.69, 9.17) is 5.73 Å². The van der Waals surface area contributed by atoms with Gasteiger partial charge < -0.3 is 5.73 Å². The van der Waals surface area contributed by atoms with Crippen LogP contribution in [0.4, 0.5) is 10.1 Å². The number of nitrogens with zero attached hydrogens (tertiary/aromatic N) is 1. The van der Waals surface area contributed by atoms with Crippen LogP contribution in [0.25, 0.3) is 0 Å². The Kier molecular flexibility index (Phi) is 2.87. The van der Waals surface area contributed by atoms with Crippen molar-refractivity contribution in [3.8, 4) is 0 Å². The molecule has 0 aliphatic carbocycles. The van der Waals surface area contributed by atoms with E-state index in [1.807, 2.05) is 0 Å². The third kappa shape index (κ3) is 2.47. The Balaban J connectivity index is 2.22. The maximum atomic E-state index is 12.7. The highest BCUT2D eigenvalue weighted by atomic mass is 32.2. The van der Waals surface area contributed by atoms with Gasteiger partial charge in [0.2, 0.25) is 0 Å². The van der Waals surface area contributed by atoms with Crippen molar-refractivity contribution >= 4 is 17.4 Å². The second kappa shape index (κ2) is 4.31. The van der Waals surface area contributed by atoms with Gasteiger partial charge in [-0.3, -0.25) is 0 Å². The van der Waals surface area contributed by atoms with Gasteiger partial charge in [-0.15, -0.1) is 0 Å². The summed E-state index contributed by atoms with van der Waals surface area (Å²) < 4.78 is 12.7. The Morgan fingerprint density at radius 2 is 1.87 bits per heavy atom. The molecule has 0 spiro atoms. The topological polar surface area (TPSA) is 38.9 Å². The predicted molar refractivity (Wildman–Crippen MR) is 59.2 cm³/mol. The first kappa shape index (κ1) is 9.98. The summed E-state index contributed by atoms with van der Waals surface area (Å²) in [5, 5.41) is 0.740. The van der Waals surface area contributed by atoms with Crippen molar-refractivity contribution in [1.82, 2.24) is 4.98 Å². The number of pyridine rings is 1. The minimum absolute atomic E-state index is 0.242. The van der Waals surface area contributed by atoms with E-state index in [1.165, 1.54) is 23.9 Å². The zero-order valence-corrected chi connectivity index (χ0v) is 8.67. The maximum Gasteiger partial charge on any atom is 0.124 e. The zero-order valence-electron chi connectivity index (χ0n) is 7.85. The summed E-state index contributed by atoms with van der Waals surface area (Å²) in [6.07, 6.45) is 1.68. The lowest BCUT2D eigenvalue weighted by Gasteiger charge is -2.03. The quantitative estimate of drug-likeness (QED) is 0.845. The molecular formula is C11H9FN2S. The Bertz CT molecular complexity index is 456. The molecule has 0 unspecified atom stereocenters. The molecule has 0 saturated heterocycles. The molecule has 1 aromatic carbocycles. The number of nitrogens with two attached hydrogens (primary N) is 1. The van der Waals surface area contributed by atoms with Gasteiger partial charge in [0.25, 0.3) is 0 Å². The van der Waals surface area contributed by atoms with E-state index in [2.05, 4.69) is 4.98 Å². The largest absolute Gasteiger partial charge is 0.397 e. The van der Waals surface area contributed by atoms with Crippen molar-refractivity contribution in [2.75, 3.05) is 5.73 Å². The van der Waals surface area contributed by atoms with E-state index in [1.54, 1.807) is 30.5 Å². The highest BCUT2D eigenvalue weighted by Crippen LogP contribution is 2.29. The molecule has 0 radical (unpaired) electrons. The summed E-state index contributed by atoms with van der Waals surface area (Å²) in [6, 6.07) is 9.81. The van der Waals surface area contributed by atoms with Crippen LogP contribution in [0.15, 0.2) is 52.5 Å². The lowest BCUT2D eigenvalue weighted by molar-refractivity contribution is 0.626. The van der Waals surface area contributed by atoms with Crippen LogP contribution in [-0.4, -0.2) is 4.98 Å². The third-order valence-corrected chi connectivity index (χ3v) is 2.87. The lowest BCUT2D eigenvalue weighted by atomic mass is 10.4. The monoisotopic (exact) mass is 220 g/mol. The molecule has 0 aliphatic heterocycles. The fraction of sp³-hybridized carbons (Fsp3) is 0. The van der Waals surface area contributed by atoms with E-state index in [0.717, 1.165) is 9.92 Å². The highest BCUT2D eigenvalue weighted by Gasteiger charge is 2.02. The minimum atomic E-state index is -0.242. The van der Waals surface area contributed by atoms with Gasteiger partial charge >= 0.3 is 0 Å². The van der Waals surface area contributed by atoms with Gasteiger partial charge in [-0.05, 0) is 36.4 Å². The number of anilines is 1. The van der Waals surface area contributed by atoms with E-state index >= 15 is 0 Å². The molecular weight excluding hydrogens is 211 g/mol. The van der Waals surface area contributed by atoms with Crippen molar-refractivity contribution in [2.45, 2.75) is 9.92 Å². The molecule has 2 rings (SSSR count). The third-order valence-electron chi connectivity index (χ3n) is 1.83. The fourth-order valence-electron chi connectivity index (χ4n) is 1.10. The van der Waals surface area contributed by atoms with Gasteiger partial charge in [-0.25, -0.2) is 9.37 Å². The summed E-state index contributed by atoms with van der Waals surface area (Å²) in [4.78, 5) is 5.06. The first-order chi connectivity index (χ1) is 7.25. The van der Waals surface area contributed by atoms with Gasteiger partial charge in [0.15, 0.2) is 0 Å². The first-order valence-corrected chi connectivity index (χ1v) is 5.21. The summed E-state index contributed by atoms with van der Waals surface area (Å²) in [5.74, 6) is -0.242. The average Bonchev–Trinajstić information content (AvgIpc) is 2.25. The molecule has 4 heteroatoms. The van der Waals surface area contributed by atoms with Crippen LogP contribution in [-0.2, 0) is 0 Å². The summed E-state index contributed by atoms with van der Waals surface area (Å²) >= 11 is 1.42. The Labute approximate surface area is 91.3 Å². The second-order valence-corrected chi connectivity index (χ2v) is 4.02. The lowest BCUT2D eigenvalue weighted by Crippen LogP contribution is -1.90. The van der Waals surface area contributed by atoms with E-state index in [0.29, 0.717) is 5.69 Å². The van der Waals surface area contributed by atoms with Crippen LogP contribution >= 0.6 is 11.8 Å². The van der Waals surface area contributed by atoms with Gasteiger partial charge in [0.1, 0.15) is 10.8 Å². The summed E-state index contributed by atoms with van der Waals surface area (Å²) in [6.45, 7) is 0. The van der Waals surface area contributed by atoms with Crippen LogP contribution in [0.2, 0.25) is 0 Å². The molecule has 76 valence electrons. The van der Waals surface area contributed by atoms with Crippen LogP contribution < -0.4 is 5.73 Å². The number of rotatable bonds is 2. The molecule has 2 nitrogen and oxygen atoms in total. The number of halogens is 1. The fourth-order valence-corrected chi connectivity index (χ4v) is 1.90. The number of benzene rings is 1. The van der Waals surface area contributed by atoms with E-state index in [9.17, 15) is 4.39 Å². The zero-order chi connectivity index (χ0) is 10.7. The standard InChI is InChI=1S/C11H9FN2S/c12-8-3-5-9(6-4-8)15-11-10(13)2-1-7-14-11/h1-7H,13H2. The number of hydrogen-bond acceptors (Lipinski definition) is 3. The molecule has 0 fully saturated rings. The summed E-state index contributed by atoms with van der Waals surface area (Å²) in [5.41, 5.74) is 6.37. The Hall–Kier alpha value is -1.55. The van der Waals surface area contributed by atoms with Crippen molar-refractivity contribution in [3.05, 3.63) is 48.4 Å². The Morgan fingerprint density at radius 3 is 2.53 bits per heavy atom. The van der Waals surface area contributed by atoms with Crippen molar-refractivity contribution in [2.24, 2.45) is 0 Å². The predicted octanol–water partition coefficient (Wildman–Crippen LogP) is 2.95. The molecule has 0 atom stereocenters. The number of aromatic nitrogens is 1. The normalized spacial score (nSPS) is 10.2. The molecule has 0 aliphatic rings. The van der Waals surface area contributed by atoms with Gasteiger partial charge in [0, 0.05) is 11.1 Å². The Morgan fingerprint density at radius 1 is 1.13 bits per heavy atom.